The summed E-state index contributed by atoms with van der Waals surface area (Å²) in [5.41, 5.74) is 0.860. The summed E-state index contributed by atoms with van der Waals surface area (Å²) in [6, 6.07) is 2.95. The molecule has 2 rings (SSSR count). The second-order valence-electron chi connectivity index (χ2n) is 4.96. The molecular formula is C14H17N3O2S2. The Kier molecular flexibility index (Phi) is 5.08. The third-order valence-electron chi connectivity index (χ3n) is 2.83. The lowest BCUT2D eigenvalue weighted by Crippen LogP contribution is -2.46. The van der Waals surface area contributed by atoms with Crippen molar-refractivity contribution < 1.29 is 9.59 Å². The number of hydrogen-bond acceptors (Lipinski definition) is 5. The van der Waals surface area contributed by atoms with E-state index < -0.39 is 6.04 Å². The van der Waals surface area contributed by atoms with Crippen molar-refractivity contribution in [3.63, 3.8) is 0 Å². The van der Waals surface area contributed by atoms with E-state index in [1.807, 2.05) is 37.6 Å². The van der Waals surface area contributed by atoms with Gasteiger partial charge in [0, 0.05) is 5.38 Å². The van der Waals surface area contributed by atoms with Crippen LogP contribution in [0.5, 0.6) is 0 Å². The van der Waals surface area contributed by atoms with Gasteiger partial charge >= 0.3 is 0 Å². The van der Waals surface area contributed by atoms with E-state index in [9.17, 15) is 9.59 Å². The Morgan fingerprint density at radius 1 is 1.29 bits per heavy atom. The molecule has 0 aliphatic rings. The highest BCUT2D eigenvalue weighted by atomic mass is 32.1. The summed E-state index contributed by atoms with van der Waals surface area (Å²) in [5, 5.41) is 9.78. The van der Waals surface area contributed by atoms with Gasteiger partial charge < -0.3 is 10.6 Å². The number of thiazole rings is 1. The Bertz CT molecular complexity index is 620. The van der Waals surface area contributed by atoms with Crippen LogP contribution in [0.2, 0.25) is 0 Å². The third kappa shape index (κ3) is 4.12. The topological polar surface area (TPSA) is 71.1 Å². The maximum Gasteiger partial charge on any atom is 0.262 e. The van der Waals surface area contributed by atoms with E-state index in [2.05, 4.69) is 15.6 Å². The highest BCUT2D eigenvalue weighted by molar-refractivity contribution is 7.14. The quantitative estimate of drug-likeness (QED) is 0.889. The number of carbonyl (C=O) groups is 2. The van der Waals surface area contributed by atoms with Crippen LogP contribution in [0.3, 0.4) is 0 Å². The van der Waals surface area contributed by atoms with Crippen LogP contribution in [0.15, 0.2) is 22.9 Å². The smallest absolute Gasteiger partial charge is 0.262 e. The average molecular weight is 323 g/mol. The summed E-state index contributed by atoms with van der Waals surface area (Å²) in [7, 11) is 0. The van der Waals surface area contributed by atoms with Gasteiger partial charge in [0.1, 0.15) is 6.04 Å². The van der Waals surface area contributed by atoms with Crippen molar-refractivity contribution in [2.75, 3.05) is 5.32 Å². The molecule has 1 atom stereocenters. The van der Waals surface area contributed by atoms with E-state index in [1.165, 1.54) is 22.7 Å². The zero-order valence-corrected chi connectivity index (χ0v) is 13.7. The fraction of sp³-hybridized carbons (Fsp3) is 0.357. The Morgan fingerprint density at radius 2 is 2.05 bits per heavy atom. The predicted octanol–water partition coefficient (Wildman–Crippen LogP) is 2.91. The number of carbonyl (C=O) groups excluding carboxylic acids is 2. The maximum atomic E-state index is 12.3. The van der Waals surface area contributed by atoms with Crippen LogP contribution in [-0.4, -0.2) is 22.8 Å². The molecule has 2 aromatic heterocycles. The van der Waals surface area contributed by atoms with Crippen molar-refractivity contribution in [3.8, 4) is 0 Å². The number of aromatic nitrogens is 1. The highest BCUT2D eigenvalue weighted by Gasteiger charge is 2.25. The van der Waals surface area contributed by atoms with Crippen LogP contribution < -0.4 is 10.6 Å². The standard InChI is InChI=1S/C14H17N3O2S2/c1-8(2)11(16-12(18)10-5-4-6-20-10)13(19)17-14-15-9(3)7-21-14/h4-8,11H,1-3H3,(H,16,18)(H,15,17,19). The molecule has 0 aliphatic heterocycles. The Balaban J connectivity index is 2.04. The van der Waals surface area contributed by atoms with Crippen LogP contribution >= 0.6 is 22.7 Å². The molecule has 5 nitrogen and oxygen atoms in total. The zero-order valence-electron chi connectivity index (χ0n) is 12.0. The van der Waals surface area contributed by atoms with E-state index >= 15 is 0 Å². The largest absolute Gasteiger partial charge is 0.339 e. The molecule has 0 radical (unpaired) electrons. The normalized spacial score (nSPS) is 12.2. The lowest BCUT2D eigenvalue weighted by atomic mass is 10.0. The number of aryl methyl sites for hydroxylation is 1. The molecule has 7 heteroatoms. The van der Waals surface area contributed by atoms with Crippen molar-refractivity contribution >= 4 is 39.6 Å². The molecule has 0 aromatic carbocycles. The molecule has 0 saturated carbocycles. The first-order valence-corrected chi connectivity index (χ1v) is 8.30. The minimum atomic E-state index is -0.594. The molecule has 2 N–H and O–H groups in total. The molecule has 0 bridgehead atoms. The second kappa shape index (κ2) is 6.82. The van der Waals surface area contributed by atoms with Gasteiger partial charge in [-0.1, -0.05) is 19.9 Å². The van der Waals surface area contributed by atoms with Gasteiger partial charge in [0.05, 0.1) is 10.6 Å². The Labute approximate surface area is 131 Å². The van der Waals surface area contributed by atoms with Gasteiger partial charge in [0.25, 0.3) is 5.91 Å². The molecule has 112 valence electrons. The van der Waals surface area contributed by atoms with Crippen molar-refractivity contribution in [1.82, 2.24) is 10.3 Å². The number of anilines is 1. The molecular weight excluding hydrogens is 306 g/mol. The van der Waals surface area contributed by atoms with E-state index in [0.29, 0.717) is 10.0 Å². The first-order valence-electron chi connectivity index (χ1n) is 6.54. The van der Waals surface area contributed by atoms with Crippen LogP contribution in [0.25, 0.3) is 0 Å². The van der Waals surface area contributed by atoms with Crippen molar-refractivity contribution in [3.05, 3.63) is 33.5 Å². The molecule has 21 heavy (non-hydrogen) atoms. The first-order chi connectivity index (χ1) is 9.97. The summed E-state index contributed by atoms with van der Waals surface area (Å²) >= 11 is 2.72. The molecule has 0 aliphatic carbocycles. The molecule has 1 unspecified atom stereocenters. The van der Waals surface area contributed by atoms with Gasteiger partial charge in [0.15, 0.2) is 5.13 Å². The second-order valence-corrected chi connectivity index (χ2v) is 6.76. The molecule has 0 fully saturated rings. The van der Waals surface area contributed by atoms with E-state index in [4.69, 9.17) is 0 Å². The van der Waals surface area contributed by atoms with E-state index in [-0.39, 0.29) is 17.7 Å². The van der Waals surface area contributed by atoms with Gasteiger partial charge in [-0.3, -0.25) is 9.59 Å². The number of rotatable bonds is 5. The summed E-state index contributed by atoms with van der Waals surface area (Å²) in [5.74, 6) is -0.492. The van der Waals surface area contributed by atoms with Gasteiger partial charge in [0.2, 0.25) is 5.91 Å². The van der Waals surface area contributed by atoms with Crippen molar-refractivity contribution in [2.45, 2.75) is 26.8 Å². The number of thiophene rings is 1. The van der Waals surface area contributed by atoms with Gasteiger partial charge in [-0.2, -0.15) is 0 Å². The Morgan fingerprint density at radius 3 is 2.57 bits per heavy atom. The fourth-order valence-corrected chi connectivity index (χ4v) is 3.07. The summed E-state index contributed by atoms with van der Waals surface area (Å²) in [6.45, 7) is 5.66. The van der Waals surface area contributed by atoms with Crippen LogP contribution in [-0.2, 0) is 4.79 Å². The van der Waals surface area contributed by atoms with E-state index in [0.717, 1.165) is 5.69 Å². The van der Waals surface area contributed by atoms with Crippen molar-refractivity contribution in [2.24, 2.45) is 5.92 Å². The van der Waals surface area contributed by atoms with Crippen molar-refractivity contribution in [1.29, 1.82) is 0 Å². The number of amides is 2. The predicted molar refractivity (Wildman–Crippen MR) is 85.9 cm³/mol. The summed E-state index contributed by atoms with van der Waals surface area (Å²) in [6.07, 6.45) is 0. The SMILES string of the molecule is Cc1csc(NC(=O)C(NC(=O)c2cccs2)C(C)C)n1. The lowest BCUT2D eigenvalue weighted by molar-refractivity contribution is -0.118. The molecule has 2 amide bonds. The minimum Gasteiger partial charge on any atom is -0.339 e. The van der Waals surface area contributed by atoms with Crippen LogP contribution in [0.1, 0.15) is 29.2 Å². The maximum absolute atomic E-state index is 12.3. The zero-order chi connectivity index (χ0) is 15.4. The highest BCUT2D eigenvalue weighted by Crippen LogP contribution is 2.16. The fourth-order valence-electron chi connectivity index (χ4n) is 1.75. The number of nitrogens with zero attached hydrogens (tertiary/aromatic N) is 1. The summed E-state index contributed by atoms with van der Waals surface area (Å²) < 4.78 is 0. The number of nitrogens with one attached hydrogen (secondary N) is 2. The van der Waals surface area contributed by atoms with Crippen LogP contribution in [0, 0.1) is 12.8 Å². The summed E-state index contributed by atoms with van der Waals surface area (Å²) in [4.78, 5) is 29.2. The monoisotopic (exact) mass is 323 g/mol. The first kappa shape index (κ1) is 15.7. The Hall–Kier alpha value is -1.73. The lowest BCUT2D eigenvalue weighted by Gasteiger charge is -2.20. The van der Waals surface area contributed by atoms with Crippen LogP contribution in [0.4, 0.5) is 5.13 Å². The minimum absolute atomic E-state index is 0.0185. The molecule has 2 aromatic rings. The van der Waals surface area contributed by atoms with E-state index in [1.54, 1.807) is 6.07 Å². The van der Waals surface area contributed by atoms with Gasteiger partial charge in [-0.15, -0.1) is 22.7 Å². The molecule has 0 saturated heterocycles. The molecule has 2 heterocycles. The number of hydrogen-bond donors (Lipinski definition) is 2. The average Bonchev–Trinajstić information content (AvgIpc) is 3.06. The molecule has 0 spiro atoms. The van der Waals surface area contributed by atoms with Gasteiger partial charge in [-0.05, 0) is 24.3 Å². The van der Waals surface area contributed by atoms with Gasteiger partial charge in [-0.25, -0.2) is 4.98 Å². The third-order valence-corrected chi connectivity index (χ3v) is 4.57.